The molecule has 5 heteroatoms. The smallest absolute Gasteiger partial charge is 0.203 e. The molecule has 3 rings (SSSR count). The van der Waals surface area contributed by atoms with Gasteiger partial charge >= 0.3 is 0 Å². The first kappa shape index (κ1) is 18.1. The summed E-state index contributed by atoms with van der Waals surface area (Å²) in [6.45, 7) is 4.97. The van der Waals surface area contributed by atoms with E-state index >= 15 is 0 Å². The van der Waals surface area contributed by atoms with E-state index in [1.807, 2.05) is 12.1 Å². The van der Waals surface area contributed by atoms with E-state index in [-0.39, 0.29) is 0 Å². The van der Waals surface area contributed by atoms with Gasteiger partial charge in [0.2, 0.25) is 5.75 Å². The quantitative estimate of drug-likeness (QED) is 0.632. The molecule has 0 aliphatic carbocycles. The lowest BCUT2D eigenvalue weighted by Crippen LogP contribution is -2.06. The number of benzene rings is 2. The molecule has 2 aromatic carbocycles. The van der Waals surface area contributed by atoms with Gasteiger partial charge in [-0.15, -0.1) is 0 Å². The lowest BCUT2D eigenvalue weighted by atomic mass is 10.1. The molecule has 0 atom stereocenters. The van der Waals surface area contributed by atoms with Gasteiger partial charge in [0.05, 0.1) is 32.4 Å². The SMILES string of the molecule is CCCc1nc2cc(C)ccc2n1Cc1cc(OC)c(OC)c(OC)c1. The Bertz CT molecular complexity index is 890. The van der Waals surface area contributed by atoms with Gasteiger partial charge in [-0.3, -0.25) is 0 Å². The molecule has 0 fully saturated rings. The molecule has 0 unspecified atom stereocenters. The summed E-state index contributed by atoms with van der Waals surface area (Å²) in [6, 6.07) is 10.4. The Morgan fingerprint density at radius 2 is 1.65 bits per heavy atom. The number of imidazole rings is 1. The van der Waals surface area contributed by atoms with Gasteiger partial charge in [-0.2, -0.15) is 0 Å². The molecule has 1 heterocycles. The van der Waals surface area contributed by atoms with Crippen LogP contribution < -0.4 is 14.2 Å². The van der Waals surface area contributed by atoms with Gasteiger partial charge in [0, 0.05) is 13.0 Å². The van der Waals surface area contributed by atoms with E-state index in [4.69, 9.17) is 19.2 Å². The molecule has 0 radical (unpaired) electrons. The van der Waals surface area contributed by atoms with Crippen LogP contribution in [0.3, 0.4) is 0 Å². The summed E-state index contributed by atoms with van der Waals surface area (Å²) in [5.74, 6) is 3.04. The van der Waals surface area contributed by atoms with E-state index in [1.54, 1.807) is 21.3 Å². The minimum Gasteiger partial charge on any atom is -0.493 e. The zero-order valence-electron chi connectivity index (χ0n) is 16.1. The van der Waals surface area contributed by atoms with Crippen molar-refractivity contribution in [2.75, 3.05) is 21.3 Å². The fraction of sp³-hybridized carbons (Fsp3) is 0.381. The molecule has 0 saturated heterocycles. The van der Waals surface area contributed by atoms with E-state index in [2.05, 4.69) is 36.6 Å². The molecule has 0 aliphatic rings. The highest BCUT2D eigenvalue weighted by Crippen LogP contribution is 2.38. The second-order valence-corrected chi connectivity index (χ2v) is 6.39. The summed E-state index contributed by atoms with van der Waals surface area (Å²) in [5, 5.41) is 0. The Kier molecular flexibility index (Phi) is 5.35. The van der Waals surface area contributed by atoms with Crippen LogP contribution in [0.1, 0.15) is 30.3 Å². The molecular weight excluding hydrogens is 328 g/mol. The predicted molar refractivity (Wildman–Crippen MR) is 104 cm³/mol. The van der Waals surface area contributed by atoms with Crippen molar-refractivity contribution in [3.63, 3.8) is 0 Å². The van der Waals surface area contributed by atoms with Gasteiger partial charge in [-0.1, -0.05) is 13.0 Å². The number of aryl methyl sites for hydroxylation is 2. The number of aromatic nitrogens is 2. The number of hydrogen-bond donors (Lipinski definition) is 0. The maximum absolute atomic E-state index is 5.49. The summed E-state index contributed by atoms with van der Waals surface area (Å²) in [6.07, 6.45) is 2.00. The molecule has 0 saturated carbocycles. The number of rotatable bonds is 7. The summed E-state index contributed by atoms with van der Waals surface area (Å²) in [4.78, 5) is 4.85. The zero-order valence-corrected chi connectivity index (χ0v) is 16.1. The van der Waals surface area contributed by atoms with Crippen LogP contribution in [0.4, 0.5) is 0 Å². The molecule has 1 aromatic heterocycles. The van der Waals surface area contributed by atoms with Gasteiger partial charge in [-0.25, -0.2) is 4.98 Å². The average molecular weight is 354 g/mol. The van der Waals surface area contributed by atoms with E-state index in [0.29, 0.717) is 23.8 Å². The van der Waals surface area contributed by atoms with Crippen molar-refractivity contribution in [2.45, 2.75) is 33.2 Å². The first-order valence-corrected chi connectivity index (χ1v) is 8.85. The average Bonchev–Trinajstić information content (AvgIpc) is 2.97. The number of hydrogen-bond acceptors (Lipinski definition) is 4. The Hall–Kier alpha value is -2.69. The zero-order chi connectivity index (χ0) is 18.7. The summed E-state index contributed by atoms with van der Waals surface area (Å²) in [7, 11) is 4.89. The Labute approximate surface area is 154 Å². The standard InChI is InChI=1S/C21H26N2O3/c1-6-7-20-22-16-10-14(2)8-9-17(16)23(20)13-15-11-18(24-3)21(26-5)19(12-15)25-4/h8-12H,6-7,13H2,1-5H3. The van der Waals surface area contributed by atoms with Crippen molar-refractivity contribution in [1.29, 1.82) is 0 Å². The Morgan fingerprint density at radius 1 is 0.962 bits per heavy atom. The van der Waals surface area contributed by atoms with E-state index < -0.39 is 0 Å². The van der Waals surface area contributed by atoms with Crippen LogP contribution in [0.25, 0.3) is 11.0 Å². The molecule has 0 bridgehead atoms. The predicted octanol–water partition coefficient (Wildman–Crippen LogP) is 4.37. The van der Waals surface area contributed by atoms with E-state index in [0.717, 1.165) is 35.3 Å². The molecule has 0 amide bonds. The molecule has 26 heavy (non-hydrogen) atoms. The van der Waals surface area contributed by atoms with Crippen molar-refractivity contribution in [3.8, 4) is 17.2 Å². The lowest BCUT2D eigenvalue weighted by Gasteiger charge is -2.15. The van der Waals surface area contributed by atoms with Crippen LogP contribution in [0.5, 0.6) is 17.2 Å². The summed E-state index contributed by atoms with van der Waals surface area (Å²) < 4.78 is 18.7. The number of fused-ring (bicyclic) bond motifs is 1. The first-order valence-electron chi connectivity index (χ1n) is 8.85. The van der Waals surface area contributed by atoms with Crippen molar-refractivity contribution >= 4 is 11.0 Å². The molecular formula is C21H26N2O3. The number of ether oxygens (including phenoxy) is 3. The largest absolute Gasteiger partial charge is 0.493 e. The second kappa shape index (κ2) is 7.68. The number of nitrogens with zero attached hydrogens (tertiary/aromatic N) is 2. The topological polar surface area (TPSA) is 45.5 Å². The third-order valence-corrected chi connectivity index (χ3v) is 4.52. The lowest BCUT2D eigenvalue weighted by molar-refractivity contribution is 0.323. The molecule has 0 spiro atoms. The maximum Gasteiger partial charge on any atom is 0.203 e. The van der Waals surface area contributed by atoms with Crippen LogP contribution in [-0.2, 0) is 13.0 Å². The Morgan fingerprint density at radius 3 is 2.23 bits per heavy atom. The molecule has 0 N–H and O–H groups in total. The maximum atomic E-state index is 5.49. The van der Waals surface area contributed by atoms with Gasteiger partial charge in [0.15, 0.2) is 11.5 Å². The fourth-order valence-corrected chi connectivity index (χ4v) is 3.29. The second-order valence-electron chi connectivity index (χ2n) is 6.39. The minimum atomic E-state index is 0.610. The normalized spacial score (nSPS) is 11.0. The van der Waals surface area contributed by atoms with Gasteiger partial charge in [0.25, 0.3) is 0 Å². The van der Waals surface area contributed by atoms with Crippen molar-refractivity contribution in [2.24, 2.45) is 0 Å². The third-order valence-electron chi connectivity index (χ3n) is 4.52. The van der Waals surface area contributed by atoms with Crippen LogP contribution in [-0.4, -0.2) is 30.9 Å². The summed E-state index contributed by atoms with van der Waals surface area (Å²) in [5.41, 5.74) is 4.49. The van der Waals surface area contributed by atoms with Gasteiger partial charge in [0.1, 0.15) is 5.82 Å². The minimum absolute atomic E-state index is 0.610. The fourth-order valence-electron chi connectivity index (χ4n) is 3.29. The highest BCUT2D eigenvalue weighted by atomic mass is 16.5. The van der Waals surface area contributed by atoms with E-state index in [9.17, 15) is 0 Å². The highest BCUT2D eigenvalue weighted by Gasteiger charge is 2.16. The van der Waals surface area contributed by atoms with E-state index in [1.165, 1.54) is 5.56 Å². The first-order chi connectivity index (χ1) is 12.6. The third kappa shape index (κ3) is 3.34. The monoisotopic (exact) mass is 354 g/mol. The van der Waals surface area contributed by atoms with Crippen LogP contribution >= 0.6 is 0 Å². The van der Waals surface area contributed by atoms with Gasteiger partial charge < -0.3 is 18.8 Å². The molecule has 0 aliphatic heterocycles. The van der Waals surface area contributed by atoms with Crippen molar-refractivity contribution in [1.82, 2.24) is 9.55 Å². The van der Waals surface area contributed by atoms with Crippen LogP contribution in [0, 0.1) is 6.92 Å². The van der Waals surface area contributed by atoms with Crippen LogP contribution in [0.15, 0.2) is 30.3 Å². The van der Waals surface area contributed by atoms with Crippen molar-refractivity contribution in [3.05, 3.63) is 47.3 Å². The van der Waals surface area contributed by atoms with Crippen molar-refractivity contribution < 1.29 is 14.2 Å². The van der Waals surface area contributed by atoms with Crippen LogP contribution in [0.2, 0.25) is 0 Å². The molecule has 5 nitrogen and oxygen atoms in total. The number of methoxy groups -OCH3 is 3. The van der Waals surface area contributed by atoms with Gasteiger partial charge in [-0.05, 0) is 48.7 Å². The Balaban J connectivity index is 2.09. The highest BCUT2D eigenvalue weighted by molar-refractivity contribution is 5.77. The summed E-state index contributed by atoms with van der Waals surface area (Å²) >= 11 is 0. The molecule has 138 valence electrons. The molecule has 3 aromatic rings.